The normalized spacial score (nSPS) is 14.1. The quantitative estimate of drug-likeness (QED) is 0.479. The fourth-order valence-corrected chi connectivity index (χ4v) is 3.29. The van der Waals surface area contributed by atoms with E-state index in [1.807, 2.05) is 0 Å². The van der Waals surface area contributed by atoms with E-state index >= 15 is 0 Å². The van der Waals surface area contributed by atoms with E-state index < -0.39 is 29.5 Å². The van der Waals surface area contributed by atoms with Gasteiger partial charge in [0.1, 0.15) is 22.7 Å². The Labute approximate surface area is 172 Å². The summed E-state index contributed by atoms with van der Waals surface area (Å²) in [6.45, 7) is 3.00. The number of halogens is 3. The lowest BCUT2D eigenvalue weighted by atomic mass is 9.96. The molecule has 0 aliphatic carbocycles. The number of nitrogens with zero attached hydrogens (tertiary/aromatic N) is 4. The molecule has 3 heterocycles. The minimum Gasteiger partial charge on any atom is -0.423 e. The van der Waals surface area contributed by atoms with Gasteiger partial charge in [0.25, 0.3) is 0 Å². The molecule has 4 aromatic rings. The molecule has 1 unspecified atom stereocenters. The topological polar surface area (TPSA) is 107 Å². The summed E-state index contributed by atoms with van der Waals surface area (Å²) in [5.74, 6) is 0.584. The van der Waals surface area contributed by atoms with Crippen LogP contribution in [0.15, 0.2) is 50.3 Å². The van der Waals surface area contributed by atoms with E-state index in [9.17, 15) is 23.1 Å². The first kappa shape index (κ1) is 20.8. The largest absolute Gasteiger partial charge is 0.423 e. The van der Waals surface area contributed by atoms with Gasteiger partial charge in [-0.3, -0.25) is 0 Å². The summed E-state index contributed by atoms with van der Waals surface area (Å²) >= 11 is 0. The van der Waals surface area contributed by atoms with Crippen molar-refractivity contribution in [1.82, 2.24) is 20.2 Å². The number of fused-ring (bicyclic) bond motifs is 1. The molecule has 162 valence electrons. The lowest BCUT2D eigenvalue weighted by Crippen LogP contribution is -2.42. The Morgan fingerprint density at radius 1 is 1.19 bits per heavy atom. The Kier molecular flexibility index (Phi) is 4.92. The van der Waals surface area contributed by atoms with Gasteiger partial charge in [-0.05, 0) is 25.0 Å². The zero-order valence-corrected chi connectivity index (χ0v) is 16.5. The number of aromatic nitrogens is 4. The zero-order chi connectivity index (χ0) is 22.4. The van der Waals surface area contributed by atoms with Crippen molar-refractivity contribution < 1.29 is 27.2 Å². The molecule has 0 saturated carbocycles. The van der Waals surface area contributed by atoms with Crippen LogP contribution in [0.3, 0.4) is 0 Å². The van der Waals surface area contributed by atoms with Crippen molar-refractivity contribution in [3.05, 3.63) is 64.0 Å². The van der Waals surface area contributed by atoms with E-state index in [0.717, 1.165) is 6.20 Å². The number of aryl methyl sites for hydroxylation is 1. The van der Waals surface area contributed by atoms with Crippen molar-refractivity contribution in [3.8, 4) is 11.3 Å². The fraction of sp³-hybridized carbons (Fsp3) is 0.300. The van der Waals surface area contributed by atoms with Crippen molar-refractivity contribution in [2.45, 2.75) is 38.6 Å². The molecule has 1 aromatic carbocycles. The predicted octanol–water partition coefficient (Wildman–Crippen LogP) is 3.56. The number of alkyl halides is 3. The average molecular weight is 434 g/mol. The van der Waals surface area contributed by atoms with Gasteiger partial charge in [0.2, 0.25) is 5.60 Å². The number of hydrogen-bond donors (Lipinski definition) is 1. The van der Waals surface area contributed by atoms with E-state index in [0.29, 0.717) is 28.0 Å². The monoisotopic (exact) mass is 434 g/mol. The summed E-state index contributed by atoms with van der Waals surface area (Å²) in [5, 5.41) is 21.8. The molecule has 8 nitrogen and oxygen atoms in total. The first-order valence-electron chi connectivity index (χ1n) is 9.31. The highest BCUT2D eigenvalue weighted by Gasteiger charge is 2.55. The molecular formula is C20H17F3N4O4. The van der Waals surface area contributed by atoms with Gasteiger partial charge >= 0.3 is 11.8 Å². The van der Waals surface area contributed by atoms with Gasteiger partial charge in [0, 0.05) is 23.1 Å². The molecule has 1 N–H and O–H groups in total. The van der Waals surface area contributed by atoms with Gasteiger partial charge < -0.3 is 14.0 Å². The third-order valence-corrected chi connectivity index (χ3v) is 5.00. The Morgan fingerprint density at radius 3 is 2.61 bits per heavy atom. The highest BCUT2D eigenvalue weighted by molar-refractivity contribution is 5.92. The molecule has 0 radical (unpaired) electrons. The Balaban J connectivity index is 1.68. The van der Waals surface area contributed by atoms with E-state index in [1.165, 1.54) is 17.7 Å². The average Bonchev–Trinajstić information content (AvgIpc) is 3.35. The molecule has 0 amide bonds. The van der Waals surface area contributed by atoms with Gasteiger partial charge in [0.15, 0.2) is 0 Å². The second-order valence-corrected chi connectivity index (χ2v) is 7.15. The van der Waals surface area contributed by atoms with Gasteiger partial charge in [-0.2, -0.15) is 13.2 Å². The molecule has 31 heavy (non-hydrogen) atoms. The molecule has 0 aliphatic heterocycles. The van der Waals surface area contributed by atoms with Crippen LogP contribution in [0.25, 0.3) is 22.2 Å². The molecule has 0 fully saturated rings. The fourth-order valence-electron chi connectivity index (χ4n) is 3.29. The Hall–Kier alpha value is -3.47. The van der Waals surface area contributed by atoms with Crippen LogP contribution in [-0.2, 0) is 12.1 Å². The predicted molar refractivity (Wildman–Crippen MR) is 102 cm³/mol. The van der Waals surface area contributed by atoms with Crippen molar-refractivity contribution in [1.29, 1.82) is 0 Å². The lowest BCUT2D eigenvalue weighted by Gasteiger charge is -2.26. The Morgan fingerprint density at radius 2 is 1.97 bits per heavy atom. The molecule has 0 saturated heterocycles. The van der Waals surface area contributed by atoms with E-state index in [1.54, 1.807) is 31.2 Å². The number of aliphatic hydroxyl groups is 1. The SMILES string of the molecule is CCC(O)(c1cn(Cc2ccc3c(-c4cc(C)on4)cc(=O)oc3c2)nn1)C(F)(F)F. The summed E-state index contributed by atoms with van der Waals surface area (Å²) in [5.41, 5.74) is -2.34. The van der Waals surface area contributed by atoms with Crippen molar-refractivity contribution in [3.63, 3.8) is 0 Å². The number of benzene rings is 1. The first-order chi connectivity index (χ1) is 14.6. The van der Waals surface area contributed by atoms with Gasteiger partial charge in [0.05, 0.1) is 12.7 Å². The molecule has 0 spiro atoms. The summed E-state index contributed by atoms with van der Waals surface area (Å²) in [4.78, 5) is 12.0. The second-order valence-electron chi connectivity index (χ2n) is 7.15. The van der Waals surface area contributed by atoms with Crippen LogP contribution in [0.5, 0.6) is 0 Å². The third-order valence-electron chi connectivity index (χ3n) is 5.00. The maximum absolute atomic E-state index is 13.2. The number of hydrogen-bond acceptors (Lipinski definition) is 7. The van der Waals surface area contributed by atoms with Crippen LogP contribution >= 0.6 is 0 Å². The van der Waals surface area contributed by atoms with Crippen LogP contribution in [0, 0.1) is 6.92 Å². The van der Waals surface area contributed by atoms with Gasteiger partial charge in [-0.15, -0.1) is 5.10 Å². The summed E-state index contributed by atoms with van der Waals surface area (Å²) in [7, 11) is 0. The molecular weight excluding hydrogens is 417 g/mol. The minimum absolute atomic E-state index is 0.0532. The smallest absolute Gasteiger partial charge is 0.423 e. The molecule has 3 aromatic heterocycles. The summed E-state index contributed by atoms with van der Waals surface area (Å²) in [6.07, 6.45) is -4.43. The van der Waals surface area contributed by atoms with Crippen molar-refractivity contribution in [2.24, 2.45) is 0 Å². The Bertz CT molecular complexity index is 1310. The molecule has 0 bridgehead atoms. The van der Waals surface area contributed by atoms with Crippen LogP contribution in [0.1, 0.15) is 30.4 Å². The molecule has 11 heteroatoms. The maximum atomic E-state index is 13.2. The van der Waals surface area contributed by atoms with Crippen LogP contribution in [0.4, 0.5) is 13.2 Å². The zero-order valence-electron chi connectivity index (χ0n) is 16.5. The highest BCUT2D eigenvalue weighted by Crippen LogP contribution is 2.40. The standard InChI is InChI=1S/C20H17F3N4O4/c1-3-19(29,20(21,22)23)17-10-27(26-24-17)9-12-4-5-13-14(15-6-11(2)31-25-15)8-18(28)30-16(13)7-12/h4-8,10,29H,3,9H2,1-2H3. The van der Waals surface area contributed by atoms with E-state index in [4.69, 9.17) is 8.94 Å². The van der Waals surface area contributed by atoms with Crippen LogP contribution in [0.2, 0.25) is 0 Å². The van der Waals surface area contributed by atoms with Gasteiger partial charge in [-0.1, -0.05) is 29.4 Å². The summed E-state index contributed by atoms with van der Waals surface area (Å²) in [6, 6.07) is 8.02. The van der Waals surface area contributed by atoms with E-state index in [2.05, 4.69) is 15.5 Å². The van der Waals surface area contributed by atoms with Crippen molar-refractivity contribution >= 4 is 11.0 Å². The molecule has 4 rings (SSSR count). The van der Waals surface area contributed by atoms with Crippen LogP contribution < -0.4 is 5.63 Å². The molecule has 1 atom stereocenters. The summed E-state index contributed by atoms with van der Waals surface area (Å²) < 4.78 is 51.2. The first-order valence-corrected chi connectivity index (χ1v) is 9.31. The van der Waals surface area contributed by atoms with E-state index in [-0.39, 0.29) is 12.1 Å². The number of rotatable bonds is 5. The maximum Gasteiger partial charge on any atom is 0.423 e. The van der Waals surface area contributed by atoms with Crippen molar-refractivity contribution in [2.75, 3.05) is 0 Å². The highest BCUT2D eigenvalue weighted by atomic mass is 19.4. The lowest BCUT2D eigenvalue weighted by molar-refractivity contribution is -0.269. The van der Waals surface area contributed by atoms with Crippen LogP contribution in [-0.4, -0.2) is 31.4 Å². The minimum atomic E-state index is -4.88. The van der Waals surface area contributed by atoms with Gasteiger partial charge in [-0.25, -0.2) is 9.48 Å². The third kappa shape index (κ3) is 3.72. The molecule has 0 aliphatic rings. The second kappa shape index (κ2) is 7.34.